The number of halogens is 1. The fourth-order valence-corrected chi connectivity index (χ4v) is 4.26. The molecule has 2 rings (SSSR count). The Morgan fingerprint density at radius 3 is 2.21 bits per heavy atom. The predicted octanol–water partition coefficient (Wildman–Crippen LogP) is 3.10. The molecule has 0 aromatic heterocycles. The summed E-state index contributed by atoms with van der Waals surface area (Å²) in [6.07, 6.45) is 0. The maximum absolute atomic E-state index is 12.5. The minimum absolute atomic E-state index is 0.0154. The summed E-state index contributed by atoms with van der Waals surface area (Å²) in [4.78, 5) is 24.6. The second-order valence-corrected chi connectivity index (χ2v) is 9.59. The average molecular weight is 515 g/mol. The Morgan fingerprint density at radius 1 is 1.00 bits per heavy atom. The molecule has 0 aliphatic heterocycles. The van der Waals surface area contributed by atoms with Crippen molar-refractivity contribution in [2.75, 3.05) is 39.8 Å². The van der Waals surface area contributed by atoms with Crippen LogP contribution in [0.1, 0.15) is 24.2 Å². The molecule has 0 aliphatic carbocycles. The van der Waals surface area contributed by atoms with E-state index in [1.54, 1.807) is 0 Å². The van der Waals surface area contributed by atoms with E-state index < -0.39 is 28.5 Å². The van der Waals surface area contributed by atoms with Crippen molar-refractivity contribution in [1.29, 1.82) is 0 Å². The number of rotatable bonds is 11. The number of methoxy groups -OCH3 is 3. The zero-order valence-corrected chi connectivity index (χ0v) is 21.0. The van der Waals surface area contributed by atoms with Gasteiger partial charge in [0.2, 0.25) is 10.0 Å². The highest BCUT2D eigenvalue weighted by Crippen LogP contribution is 2.34. The maximum Gasteiger partial charge on any atom is 0.340 e. The van der Waals surface area contributed by atoms with Crippen LogP contribution in [0.2, 0.25) is 5.02 Å². The van der Waals surface area contributed by atoms with Crippen LogP contribution in [-0.4, -0.2) is 54.8 Å². The van der Waals surface area contributed by atoms with Crippen LogP contribution in [0.15, 0.2) is 35.2 Å². The number of esters is 1. The van der Waals surface area contributed by atoms with Crippen LogP contribution >= 0.6 is 11.6 Å². The van der Waals surface area contributed by atoms with Gasteiger partial charge in [0.1, 0.15) is 5.75 Å². The lowest BCUT2D eigenvalue weighted by atomic mass is 10.1. The minimum atomic E-state index is -3.73. The second kappa shape index (κ2) is 11.9. The highest BCUT2D eigenvalue weighted by atomic mass is 35.5. The topological polar surface area (TPSA) is 129 Å². The van der Waals surface area contributed by atoms with Crippen LogP contribution in [0, 0.1) is 5.92 Å². The first-order valence-electron chi connectivity index (χ1n) is 10.1. The molecule has 186 valence electrons. The van der Waals surface area contributed by atoms with Gasteiger partial charge in [0.25, 0.3) is 5.91 Å². The number of benzene rings is 2. The summed E-state index contributed by atoms with van der Waals surface area (Å²) >= 11 is 6.16. The summed E-state index contributed by atoms with van der Waals surface area (Å²) in [5, 5.41) is 2.57. The normalized spacial score (nSPS) is 11.1. The van der Waals surface area contributed by atoms with Gasteiger partial charge in [0, 0.05) is 18.7 Å². The average Bonchev–Trinajstić information content (AvgIpc) is 2.81. The standard InChI is InChI=1S/C22H27ClN2O8S/c1-13(2)11-24-34(28,29)14-6-7-18(16(23)8-14)33-12-21(26)25-17-10-20(31-4)19(30-3)9-15(17)22(27)32-5/h6-10,13,24H,11-12H2,1-5H3,(H,25,26). The van der Waals surface area contributed by atoms with Gasteiger partial charge in [-0.3, -0.25) is 4.79 Å². The first-order chi connectivity index (χ1) is 16.0. The van der Waals surface area contributed by atoms with Crippen LogP contribution in [0.5, 0.6) is 17.2 Å². The summed E-state index contributed by atoms with van der Waals surface area (Å²) in [6.45, 7) is 3.58. The van der Waals surface area contributed by atoms with Gasteiger partial charge in [0.15, 0.2) is 18.1 Å². The van der Waals surface area contributed by atoms with E-state index in [9.17, 15) is 18.0 Å². The Bertz CT molecular complexity index is 1150. The number of nitrogens with one attached hydrogen (secondary N) is 2. The van der Waals surface area contributed by atoms with Crippen molar-refractivity contribution in [3.05, 3.63) is 40.9 Å². The summed E-state index contributed by atoms with van der Waals surface area (Å²) in [5.41, 5.74) is 0.178. The van der Waals surface area contributed by atoms with Crippen molar-refractivity contribution >= 4 is 39.2 Å². The second-order valence-electron chi connectivity index (χ2n) is 7.42. The SMILES string of the molecule is COC(=O)c1cc(OC)c(OC)cc1NC(=O)COc1ccc(S(=O)(=O)NCC(C)C)cc1Cl. The van der Waals surface area contributed by atoms with E-state index in [1.807, 2.05) is 13.8 Å². The molecule has 0 unspecified atom stereocenters. The van der Waals surface area contributed by atoms with E-state index in [0.29, 0.717) is 0 Å². The number of sulfonamides is 1. The van der Waals surface area contributed by atoms with E-state index in [0.717, 1.165) is 0 Å². The molecule has 2 N–H and O–H groups in total. The Morgan fingerprint density at radius 2 is 1.65 bits per heavy atom. The third-order valence-corrected chi connectivity index (χ3v) is 6.17. The molecular formula is C22H27ClN2O8S. The van der Waals surface area contributed by atoms with Gasteiger partial charge in [-0.15, -0.1) is 0 Å². The Hall–Kier alpha value is -3.02. The Balaban J connectivity index is 2.14. The van der Waals surface area contributed by atoms with E-state index in [-0.39, 0.29) is 50.9 Å². The molecule has 1 amide bonds. The Labute approximate surface area is 203 Å². The molecular weight excluding hydrogens is 488 g/mol. The molecule has 0 aliphatic rings. The lowest BCUT2D eigenvalue weighted by Gasteiger charge is -2.15. The zero-order valence-electron chi connectivity index (χ0n) is 19.4. The van der Waals surface area contributed by atoms with Gasteiger partial charge in [-0.1, -0.05) is 25.4 Å². The van der Waals surface area contributed by atoms with E-state index >= 15 is 0 Å². The van der Waals surface area contributed by atoms with E-state index in [4.69, 9.17) is 30.5 Å². The van der Waals surface area contributed by atoms with Crippen LogP contribution in [0.25, 0.3) is 0 Å². The fraction of sp³-hybridized carbons (Fsp3) is 0.364. The molecule has 0 atom stereocenters. The predicted molar refractivity (Wildman–Crippen MR) is 126 cm³/mol. The molecule has 2 aromatic carbocycles. The number of ether oxygens (including phenoxy) is 4. The third kappa shape index (κ3) is 6.99. The van der Waals surface area contributed by atoms with Crippen molar-refractivity contribution in [2.45, 2.75) is 18.7 Å². The summed E-state index contributed by atoms with van der Waals surface area (Å²) < 4.78 is 47.8. The Kier molecular flexibility index (Phi) is 9.54. The third-order valence-electron chi connectivity index (χ3n) is 4.46. The van der Waals surface area contributed by atoms with Crippen molar-refractivity contribution in [3.8, 4) is 17.2 Å². The van der Waals surface area contributed by atoms with Crippen LogP contribution < -0.4 is 24.2 Å². The summed E-state index contributed by atoms with van der Waals surface area (Å²) in [5.74, 6) is -0.483. The highest BCUT2D eigenvalue weighted by Gasteiger charge is 2.20. The molecule has 2 aromatic rings. The van der Waals surface area contributed by atoms with Gasteiger partial charge in [-0.05, 0) is 24.1 Å². The van der Waals surface area contributed by atoms with Gasteiger partial charge in [-0.25, -0.2) is 17.9 Å². The number of carbonyl (C=O) groups excluding carboxylic acids is 2. The van der Waals surface area contributed by atoms with Crippen LogP contribution in [-0.2, 0) is 19.6 Å². The number of amides is 1. The van der Waals surface area contributed by atoms with Gasteiger partial charge in [-0.2, -0.15) is 0 Å². The molecule has 0 radical (unpaired) electrons. The summed E-state index contributed by atoms with van der Waals surface area (Å²) in [7, 11) is 0.296. The first-order valence-corrected chi connectivity index (χ1v) is 11.9. The molecule has 0 fully saturated rings. The molecule has 12 heteroatoms. The molecule has 0 saturated heterocycles. The van der Waals surface area contributed by atoms with Crippen molar-refractivity contribution < 1.29 is 37.0 Å². The summed E-state index contributed by atoms with van der Waals surface area (Å²) in [6, 6.07) is 6.72. The van der Waals surface area contributed by atoms with Gasteiger partial charge < -0.3 is 24.3 Å². The van der Waals surface area contributed by atoms with Crippen molar-refractivity contribution in [1.82, 2.24) is 4.72 Å². The van der Waals surface area contributed by atoms with E-state index in [1.165, 1.54) is 51.7 Å². The van der Waals surface area contributed by atoms with Crippen LogP contribution in [0.4, 0.5) is 5.69 Å². The number of hydrogen-bond acceptors (Lipinski definition) is 8. The molecule has 0 heterocycles. The lowest BCUT2D eigenvalue weighted by Crippen LogP contribution is -2.27. The molecule has 34 heavy (non-hydrogen) atoms. The quantitative estimate of drug-likeness (QED) is 0.438. The molecule has 0 spiro atoms. The number of carbonyl (C=O) groups is 2. The van der Waals surface area contributed by atoms with Gasteiger partial charge >= 0.3 is 5.97 Å². The maximum atomic E-state index is 12.5. The fourth-order valence-electron chi connectivity index (χ4n) is 2.72. The number of anilines is 1. The van der Waals surface area contributed by atoms with Crippen LogP contribution in [0.3, 0.4) is 0 Å². The van der Waals surface area contributed by atoms with E-state index in [2.05, 4.69) is 10.0 Å². The first kappa shape index (κ1) is 27.2. The van der Waals surface area contributed by atoms with Crippen molar-refractivity contribution in [3.63, 3.8) is 0 Å². The molecule has 0 bridgehead atoms. The van der Waals surface area contributed by atoms with Gasteiger partial charge in [0.05, 0.1) is 42.5 Å². The lowest BCUT2D eigenvalue weighted by molar-refractivity contribution is -0.118. The number of hydrogen-bond donors (Lipinski definition) is 2. The largest absolute Gasteiger partial charge is 0.493 e. The highest BCUT2D eigenvalue weighted by molar-refractivity contribution is 7.89. The molecule has 0 saturated carbocycles. The zero-order chi connectivity index (χ0) is 25.5. The molecule has 10 nitrogen and oxygen atoms in total. The monoisotopic (exact) mass is 514 g/mol. The minimum Gasteiger partial charge on any atom is -0.493 e. The smallest absolute Gasteiger partial charge is 0.340 e. The van der Waals surface area contributed by atoms with Crippen molar-refractivity contribution in [2.24, 2.45) is 5.92 Å².